The van der Waals surface area contributed by atoms with E-state index in [1.54, 1.807) is 18.2 Å². The Morgan fingerprint density at radius 2 is 1.71 bits per heavy atom. The van der Waals surface area contributed by atoms with Crippen LogP contribution in [-0.2, 0) is 0 Å². The van der Waals surface area contributed by atoms with Crippen molar-refractivity contribution in [3.8, 4) is 0 Å². The van der Waals surface area contributed by atoms with Gasteiger partial charge in [-0.1, -0.05) is 12.1 Å². The third kappa shape index (κ3) is 1.47. The number of rotatable bonds is 1. The first-order valence-corrected chi connectivity index (χ1v) is 5.31. The SMILES string of the molecule is Cc1ccc2c(c1)oc1cc(C(=O)O)ccc12. The molecule has 0 saturated heterocycles. The Kier molecular flexibility index (Phi) is 1.95. The molecule has 3 heteroatoms. The summed E-state index contributed by atoms with van der Waals surface area (Å²) in [7, 11) is 0. The van der Waals surface area contributed by atoms with Crippen molar-refractivity contribution in [2.75, 3.05) is 0 Å². The van der Waals surface area contributed by atoms with E-state index in [1.165, 1.54) is 0 Å². The van der Waals surface area contributed by atoms with E-state index in [0.29, 0.717) is 5.58 Å². The van der Waals surface area contributed by atoms with Gasteiger partial charge in [0.2, 0.25) is 0 Å². The van der Waals surface area contributed by atoms with Crippen molar-refractivity contribution >= 4 is 27.9 Å². The summed E-state index contributed by atoms with van der Waals surface area (Å²) in [4.78, 5) is 10.9. The van der Waals surface area contributed by atoms with Gasteiger partial charge in [0.15, 0.2) is 0 Å². The van der Waals surface area contributed by atoms with Crippen LogP contribution in [0.3, 0.4) is 0 Å². The van der Waals surface area contributed by atoms with Crippen molar-refractivity contribution in [1.29, 1.82) is 0 Å². The smallest absolute Gasteiger partial charge is 0.335 e. The molecule has 0 amide bonds. The molecule has 1 heterocycles. The van der Waals surface area contributed by atoms with Gasteiger partial charge in [0, 0.05) is 10.8 Å². The molecule has 17 heavy (non-hydrogen) atoms. The molecule has 0 atom stereocenters. The van der Waals surface area contributed by atoms with Crippen LogP contribution in [0, 0.1) is 6.92 Å². The third-order valence-electron chi connectivity index (χ3n) is 2.88. The highest BCUT2D eigenvalue weighted by Crippen LogP contribution is 2.29. The standard InChI is InChI=1S/C14H10O3/c1-8-2-4-10-11-5-3-9(14(15)16)7-13(11)17-12(10)6-8/h2-7H,1H3,(H,15,16). The molecule has 0 bridgehead atoms. The summed E-state index contributed by atoms with van der Waals surface area (Å²) in [5, 5.41) is 10.9. The summed E-state index contributed by atoms with van der Waals surface area (Å²) < 4.78 is 5.66. The lowest BCUT2D eigenvalue weighted by atomic mass is 10.1. The highest BCUT2D eigenvalue weighted by atomic mass is 16.4. The number of carboxylic acid groups (broad SMARTS) is 1. The zero-order valence-corrected chi connectivity index (χ0v) is 9.23. The number of fused-ring (bicyclic) bond motifs is 3. The molecule has 0 spiro atoms. The fourth-order valence-corrected chi connectivity index (χ4v) is 2.02. The molecule has 0 aliphatic heterocycles. The van der Waals surface area contributed by atoms with E-state index >= 15 is 0 Å². The van der Waals surface area contributed by atoms with Gasteiger partial charge < -0.3 is 9.52 Å². The maximum atomic E-state index is 10.9. The Morgan fingerprint density at radius 3 is 2.41 bits per heavy atom. The summed E-state index contributed by atoms with van der Waals surface area (Å²) in [5.74, 6) is -0.941. The second-order valence-electron chi connectivity index (χ2n) is 4.12. The van der Waals surface area contributed by atoms with Gasteiger partial charge in [0.25, 0.3) is 0 Å². The van der Waals surface area contributed by atoms with Crippen molar-refractivity contribution in [2.45, 2.75) is 6.92 Å². The molecule has 3 rings (SSSR count). The summed E-state index contributed by atoms with van der Waals surface area (Å²) in [6.45, 7) is 2.00. The molecule has 1 aromatic heterocycles. The minimum atomic E-state index is -0.941. The zero-order valence-electron chi connectivity index (χ0n) is 9.23. The first kappa shape index (κ1) is 9.90. The Balaban J connectivity index is 2.38. The number of carboxylic acids is 1. The number of aryl methyl sites for hydroxylation is 1. The Morgan fingerprint density at radius 1 is 1.06 bits per heavy atom. The average Bonchev–Trinajstić information content (AvgIpc) is 2.64. The molecular weight excluding hydrogens is 216 g/mol. The van der Waals surface area contributed by atoms with Crippen molar-refractivity contribution < 1.29 is 14.3 Å². The van der Waals surface area contributed by atoms with Crippen LogP contribution in [-0.4, -0.2) is 11.1 Å². The Hall–Kier alpha value is -2.29. The molecular formula is C14H10O3. The number of carbonyl (C=O) groups is 1. The highest BCUT2D eigenvalue weighted by Gasteiger charge is 2.10. The van der Waals surface area contributed by atoms with Crippen LogP contribution in [0.15, 0.2) is 40.8 Å². The number of hydrogen-bond acceptors (Lipinski definition) is 2. The van der Waals surface area contributed by atoms with Gasteiger partial charge in [-0.15, -0.1) is 0 Å². The fraction of sp³-hybridized carbons (Fsp3) is 0.0714. The number of aromatic carboxylic acids is 1. The van der Waals surface area contributed by atoms with Gasteiger partial charge >= 0.3 is 5.97 Å². The zero-order chi connectivity index (χ0) is 12.0. The van der Waals surface area contributed by atoms with Crippen LogP contribution >= 0.6 is 0 Å². The molecule has 0 unspecified atom stereocenters. The normalized spacial score (nSPS) is 11.1. The van der Waals surface area contributed by atoms with Crippen LogP contribution in [0.1, 0.15) is 15.9 Å². The number of furan rings is 1. The van der Waals surface area contributed by atoms with Crippen LogP contribution < -0.4 is 0 Å². The Bertz CT molecular complexity index is 738. The molecule has 0 saturated carbocycles. The number of benzene rings is 2. The predicted octanol–water partition coefficient (Wildman–Crippen LogP) is 3.59. The van der Waals surface area contributed by atoms with E-state index in [0.717, 1.165) is 21.9 Å². The molecule has 1 N–H and O–H groups in total. The van der Waals surface area contributed by atoms with Crippen LogP contribution in [0.2, 0.25) is 0 Å². The summed E-state index contributed by atoms with van der Waals surface area (Å²) >= 11 is 0. The topological polar surface area (TPSA) is 50.4 Å². The van der Waals surface area contributed by atoms with Crippen LogP contribution in [0.5, 0.6) is 0 Å². The van der Waals surface area contributed by atoms with E-state index in [9.17, 15) is 4.79 Å². The average molecular weight is 226 g/mol. The van der Waals surface area contributed by atoms with Gasteiger partial charge in [-0.3, -0.25) is 0 Å². The van der Waals surface area contributed by atoms with E-state index in [1.807, 2.05) is 25.1 Å². The highest BCUT2D eigenvalue weighted by molar-refractivity contribution is 6.06. The fourth-order valence-electron chi connectivity index (χ4n) is 2.02. The van der Waals surface area contributed by atoms with Crippen molar-refractivity contribution in [3.63, 3.8) is 0 Å². The summed E-state index contributed by atoms with van der Waals surface area (Å²) in [6, 6.07) is 10.9. The third-order valence-corrected chi connectivity index (χ3v) is 2.88. The molecule has 0 aliphatic rings. The maximum Gasteiger partial charge on any atom is 0.335 e. The monoisotopic (exact) mass is 226 g/mol. The largest absolute Gasteiger partial charge is 0.478 e. The number of hydrogen-bond donors (Lipinski definition) is 1. The first-order chi connectivity index (χ1) is 8.15. The quantitative estimate of drug-likeness (QED) is 0.689. The Labute approximate surface area is 97.3 Å². The van der Waals surface area contributed by atoms with Crippen molar-refractivity contribution in [2.24, 2.45) is 0 Å². The molecule has 0 radical (unpaired) electrons. The van der Waals surface area contributed by atoms with E-state index in [4.69, 9.17) is 9.52 Å². The van der Waals surface area contributed by atoms with Gasteiger partial charge in [0.05, 0.1) is 5.56 Å². The van der Waals surface area contributed by atoms with Crippen LogP contribution in [0.25, 0.3) is 21.9 Å². The summed E-state index contributed by atoms with van der Waals surface area (Å²) in [5.41, 5.74) is 2.77. The van der Waals surface area contributed by atoms with Gasteiger partial charge in [-0.05, 0) is 36.8 Å². The predicted molar refractivity (Wildman–Crippen MR) is 65.4 cm³/mol. The van der Waals surface area contributed by atoms with Gasteiger partial charge in [0.1, 0.15) is 11.2 Å². The van der Waals surface area contributed by atoms with E-state index in [-0.39, 0.29) is 5.56 Å². The second kappa shape index (κ2) is 3.35. The first-order valence-electron chi connectivity index (χ1n) is 5.31. The molecule has 3 aromatic rings. The lowest BCUT2D eigenvalue weighted by molar-refractivity contribution is 0.0697. The minimum Gasteiger partial charge on any atom is -0.478 e. The molecule has 0 fully saturated rings. The molecule has 84 valence electrons. The van der Waals surface area contributed by atoms with Gasteiger partial charge in [-0.2, -0.15) is 0 Å². The minimum absolute atomic E-state index is 0.244. The molecule has 0 aliphatic carbocycles. The molecule has 3 nitrogen and oxygen atoms in total. The summed E-state index contributed by atoms with van der Waals surface area (Å²) in [6.07, 6.45) is 0. The lowest BCUT2D eigenvalue weighted by Gasteiger charge is -1.93. The second-order valence-corrected chi connectivity index (χ2v) is 4.12. The van der Waals surface area contributed by atoms with E-state index < -0.39 is 5.97 Å². The van der Waals surface area contributed by atoms with Gasteiger partial charge in [-0.25, -0.2) is 4.79 Å². The van der Waals surface area contributed by atoms with E-state index in [2.05, 4.69) is 0 Å². The lowest BCUT2D eigenvalue weighted by Crippen LogP contribution is -1.94. The van der Waals surface area contributed by atoms with Crippen molar-refractivity contribution in [3.05, 3.63) is 47.5 Å². The molecule has 2 aromatic carbocycles. The van der Waals surface area contributed by atoms with Crippen LogP contribution in [0.4, 0.5) is 0 Å². The van der Waals surface area contributed by atoms with Crippen molar-refractivity contribution in [1.82, 2.24) is 0 Å². The maximum absolute atomic E-state index is 10.9.